The molecule has 0 aliphatic rings. The molecule has 25 heavy (non-hydrogen) atoms. The Morgan fingerprint density at radius 3 is 2.72 bits per heavy atom. The van der Waals surface area contributed by atoms with Crippen molar-refractivity contribution >= 4 is 49.7 Å². The number of anilines is 1. The number of hydrogen-bond acceptors (Lipinski definition) is 8. The number of nitrogens with zero attached hydrogens (tertiary/aromatic N) is 6. The lowest BCUT2D eigenvalue weighted by atomic mass is 10.3. The van der Waals surface area contributed by atoms with Crippen LogP contribution in [-0.4, -0.2) is 40.1 Å². The minimum atomic E-state index is -1.16. The minimum Gasteiger partial charge on any atom is -0.610 e. The van der Waals surface area contributed by atoms with Gasteiger partial charge >= 0.3 is 4.34 Å². The lowest BCUT2D eigenvalue weighted by Crippen LogP contribution is -2.24. The first-order valence-corrected chi connectivity index (χ1v) is 9.58. The van der Waals surface area contributed by atoms with E-state index in [1.54, 1.807) is 36.5 Å². The predicted molar refractivity (Wildman–Crippen MR) is 96.0 cm³/mol. The highest BCUT2D eigenvalue weighted by Gasteiger charge is 2.21. The van der Waals surface area contributed by atoms with Crippen molar-refractivity contribution in [1.82, 2.24) is 29.3 Å². The van der Waals surface area contributed by atoms with Crippen LogP contribution in [0.5, 0.6) is 0 Å². The average molecular weight is 375 g/mol. The quantitative estimate of drug-likeness (QED) is 0.516. The second kappa shape index (κ2) is 5.79. The van der Waals surface area contributed by atoms with E-state index in [2.05, 4.69) is 20.1 Å². The van der Waals surface area contributed by atoms with Crippen LogP contribution in [0.2, 0.25) is 0 Å². The molecule has 4 heterocycles. The molecule has 0 aromatic carbocycles. The Kier molecular flexibility index (Phi) is 3.71. The summed E-state index contributed by atoms with van der Waals surface area (Å²) >= 11 is 0.158. The molecule has 2 N–H and O–H groups in total. The van der Waals surface area contributed by atoms with Gasteiger partial charge in [-0.25, -0.2) is 14.6 Å². The molecule has 0 aliphatic heterocycles. The molecule has 0 spiro atoms. The summed E-state index contributed by atoms with van der Waals surface area (Å²) in [5, 5.41) is 4.96. The molecule has 0 aliphatic carbocycles. The maximum Gasteiger partial charge on any atom is 0.303 e. The van der Waals surface area contributed by atoms with E-state index in [1.165, 1.54) is 16.0 Å². The topological polar surface area (TPSA) is 128 Å². The Morgan fingerprint density at radius 2 is 2.04 bits per heavy atom. The molecule has 0 radical (unpaired) electrons. The second-order valence-corrected chi connectivity index (χ2v) is 8.02. The molecule has 9 nitrogen and oxygen atoms in total. The fourth-order valence-corrected chi connectivity index (χ4v) is 4.40. The number of aromatic nitrogens is 6. The van der Waals surface area contributed by atoms with Crippen LogP contribution in [0.25, 0.3) is 21.3 Å². The molecule has 0 amide bonds. The van der Waals surface area contributed by atoms with E-state index in [4.69, 9.17) is 5.73 Å². The van der Waals surface area contributed by atoms with E-state index in [-0.39, 0.29) is 18.1 Å². The maximum absolute atomic E-state index is 12.8. The number of hydrogen-bond donors (Lipinski definition) is 1. The number of aryl methyl sites for hydroxylation is 1. The van der Waals surface area contributed by atoms with E-state index in [0.717, 1.165) is 10.3 Å². The molecular formula is C14H13N7O2S2. The molecule has 11 heteroatoms. The van der Waals surface area contributed by atoms with Crippen molar-refractivity contribution in [2.45, 2.75) is 10.9 Å². The molecule has 0 saturated carbocycles. The third-order valence-electron chi connectivity index (χ3n) is 3.81. The summed E-state index contributed by atoms with van der Waals surface area (Å²) in [7, 11) is 1.77. The number of nitrogen functional groups attached to an aromatic ring is 1. The van der Waals surface area contributed by atoms with Crippen LogP contribution >= 0.6 is 11.3 Å². The van der Waals surface area contributed by atoms with Crippen molar-refractivity contribution < 1.29 is 4.55 Å². The molecule has 4 aromatic rings. The highest BCUT2D eigenvalue weighted by Crippen LogP contribution is 2.32. The van der Waals surface area contributed by atoms with Crippen molar-refractivity contribution in [3.8, 4) is 0 Å². The summed E-state index contributed by atoms with van der Waals surface area (Å²) in [6, 6.07) is 0. The molecule has 0 bridgehead atoms. The van der Waals surface area contributed by atoms with Gasteiger partial charge in [0.2, 0.25) is 5.95 Å². The van der Waals surface area contributed by atoms with Crippen LogP contribution in [0.4, 0.5) is 5.95 Å². The Morgan fingerprint density at radius 1 is 1.32 bits per heavy atom. The highest BCUT2D eigenvalue weighted by molar-refractivity contribution is 7.92. The molecule has 4 rings (SSSR count). The van der Waals surface area contributed by atoms with Crippen LogP contribution < -0.4 is 11.3 Å². The molecule has 1 atom stereocenters. The summed E-state index contributed by atoms with van der Waals surface area (Å²) in [5.41, 5.74) is 7.10. The van der Waals surface area contributed by atoms with Crippen LogP contribution in [-0.2, 0) is 24.8 Å². The molecule has 0 fully saturated rings. The largest absolute Gasteiger partial charge is 0.610 e. The smallest absolute Gasteiger partial charge is 0.303 e. The molecule has 4 aromatic heterocycles. The van der Waals surface area contributed by atoms with Crippen LogP contribution in [0, 0.1) is 0 Å². The third kappa shape index (κ3) is 2.56. The fraction of sp³-hybridized carbons (Fsp3) is 0.214. The average Bonchev–Trinajstić information content (AvgIpc) is 3.12. The Labute approximate surface area is 148 Å². The van der Waals surface area contributed by atoms with Crippen molar-refractivity contribution in [3.63, 3.8) is 0 Å². The van der Waals surface area contributed by atoms with Gasteiger partial charge in [-0.3, -0.25) is 4.79 Å². The van der Waals surface area contributed by atoms with Crippen LogP contribution in [0.3, 0.4) is 0 Å². The van der Waals surface area contributed by atoms with E-state index in [9.17, 15) is 9.35 Å². The molecule has 1 unspecified atom stereocenters. The molecule has 128 valence electrons. The first kappa shape index (κ1) is 16.0. The zero-order valence-corrected chi connectivity index (χ0v) is 15.0. The second-order valence-electron chi connectivity index (χ2n) is 5.46. The fourth-order valence-electron chi connectivity index (χ4n) is 2.63. The van der Waals surface area contributed by atoms with Gasteiger partial charge in [0.15, 0.2) is 5.65 Å². The standard InChI is InChI=1S/C14H13N7O2S2/c1-20-9-8(10-11(20)19-14(24-10)25(2)23)5-18-21(12(9)22)6-7-3-16-13(15)17-4-7/h3-5H,6H2,1-2H3,(H2,15,16,17). The summed E-state index contributed by atoms with van der Waals surface area (Å²) in [5.74, 6) is 0.178. The summed E-state index contributed by atoms with van der Waals surface area (Å²) in [6.07, 6.45) is 6.35. The van der Waals surface area contributed by atoms with Gasteiger partial charge in [-0.2, -0.15) is 10.1 Å². The zero-order valence-electron chi connectivity index (χ0n) is 13.3. The van der Waals surface area contributed by atoms with Gasteiger partial charge in [0.1, 0.15) is 11.8 Å². The highest BCUT2D eigenvalue weighted by atomic mass is 32.2. The summed E-state index contributed by atoms with van der Waals surface area (Å²) in [4.78, 5) is 25.1. The van der Waals surface area contributed by atoms with Gasteiger partial charge in [-0.15, -0.1) is 0 Å². The lowest BCUT2D eigenvalue weighted by molar-refractivity contribution is 0.600. The molecular weight excluding hydrogens is 362 g/mol. The zero-order chi connectivity index (χ0) is 17.7. The predicted octanol–water partition coefficient (Wildman–Crippen LogP) is 0.503. The minimum absolute atomic E-state index is 0.178. The number of fused-ring (bicyclic) bond motifs is 3. The Bertz CT molecular complexity index is 1140. The van der Waals surface area contributed by atoms with E-state index >= 15 is 0 Å². The van der Waals surface area contributed by atoms with E-state index in [1.807, 2.05) is 0 Å². The number of thiazole rings is 1. The van der Waals surface area contributed by atoms with Crippen molar-refractivity contribution in [3.05, 3.63) is 34.5 Å². The third-order valence-corrected chi connectivity index (χ3v) is 6.22. The SMILES string of the molecule is Cn1c2nc([S+](C)[O-])sc2c2cnn(Cc3cnc(N)nc3)c(=O)c21. The van der Waals surface area contributed by atoms with Crippen molar-refractivity contribution in [1.29, 1.82) is 0 Å². The summed E-state index contributed by atoms with van der Waals surface area (Å²) < 4.78 is 16.1. The normalized spacial score (nSPS) is 12.9. The van der Waals surface area contributed by atoms with Crippen LogP contribution in [0.1, 0.15) is 5.56 Å². The lowest BCUT2D eigenvalue weighted by Gasteiger charge is -2.05. The molecule has 0 saturated heterocycles. The Balaban J connectivity index is 1.86. The monoisotopic (exact) mass is 375 g/mol. The van der Waals surface area contributed by atoms with Gasteiger partial charge in [0, 0.05) is 41.6 Å². The van der Waals surface area contributed by atoms with Gasteiger partial charge in [-0.05, 0) is 0 Å². The van der Waals surface area contributed by atoms with Crippen LogP contribution in [0.15, 0.2) is 27.7 Å². The van der Waals surface area contributed by atoms with Gasteiger partial charge in [-0.1, -0.05) is 11.3 Å². The first-order valence-electron chi connectivity index (χ1n) is 7.20. The first-order chi connectivity index (χ1) is 12.0. The van der Waals surface area contributed by atoms with E-state index < -0.39 is 11.2 Å². The van der Waals surface area contributed by atoms with Crippen molar-refractivity contribution in [2.75, 3.05) is 12.0 Å². The van der Waals surface area contributed by atoms with Gasteiger partial charge in [0.25, 0.3) is 5.56 Å². The van der Waals surface area contributed by atoms with Crippen molar-refractivity contribution in [2.24, 2.45) is 7.05 Å². The van der Waals surface area contributed by atoms with Gasteiger partial charge < -0.3 is 14.9 Å². The summed E-state index contributed by atoms with van der Waals surface area (Å²) in [6.45, 7) is 0.242. The maximum atomic E-state index is 12.8. The Hall–Kier alpha value is -2.50. The van der Waals surface area contributed by atoms with Gasteiger partial charge in [0.05, 0.1) is 17.4 Å². The number of rotatable bonds is 3. The van der Waals surface area contributed by atoms with E-state index in [0.29, 0.717) is 20.9 Å². The number of nitrogens with two attached hydrogens (primary N) is 1.